The van der Waals surface area contributed by atoms with Crippen LogP contribution in [0.1, 0.15) is 0 Å². The number of halogens is 4. The van der Waals surface area contributed by atoms with Crippen LogP contribution in [0.5, 0.6) is 0 Å². The van der Waals surface area contributed by atoms with Gasteiger partial charge in [0.25, 0.3) is 7.37 Å². The van der Waals surface area contributed by atoms with Gasteiger partial charge < -0.3 is 4.89 Å². The molecule has 1 aromatic rings. The average Bonchev–Trinajstić information content (AvgIpc) is 2.15. The molecule has 88 valence electrons. The van der Waals surface area contributed by atoms with Gasteiger partial charge in [-0.1, -0.05) is 0 Å². The molecule has 16 heavy (non-hydrogen) atoms. The second-order valence-electron chi connectivity index (χ2n) is 2.96. The third-order valence-corrected chi connectivity index (χ3v) is 3.25. The Hall–Kier alpha value is -1.13. The van der Waals surface area contributed by atoms with Crippen LogP contribution >= 0.6 is 7.37 Å². The summed E-state index contributed by atoms with van der Waals surface area (Å²) in [7, 11) is -4.23. The maximum absolute atomic E-state index is 12.5. The predicted molar refractivity (Wildman–Crippen MR) is 51.1 cm³/mol. The van der Waals surface area contributed by atoms with Gasteiger partial charge in [0.2, 0.25) is 0 Å². The monoisotopic (exact) mass is 254 g/mol. The van der Waals surface area contributed by atoms with E-state index in [1.165, 1.54) is 0 Å². The minimum absolute atomic E-state index is 0.181. The topological polar surface area (TPSA) is 37.3 Å². The zero-order chi connectivity index (χ0) is 12.4. The molecule has 0 saturated carbocycles. The number of hydrogen-bond acceptors (Lipinski definition) is 1. The summed E-state index contributed by atoms with van der Waals surface area (Å²) in [5.74, 6) is -0.455. The summed E-state index contributed by atoms with van der Waals surface area (Å²) in [6.45, 7) is 0. The molecule has 0 bridgehead atoms. The maximum atomic E-state index is 12.5. The lowest BCUT2D eigenvalue weighted by atomic mass is 10.4. The molecular weight excluding hydrogens is 247 g/mol. The first-order valence-corrected chi connectivity index (χ1v) is 5.79. The zero-order valence-electron chi connectivity index (χ0n) is 7.78. The predicted octanol–water partition coefficient (Wildman–Crippen LogP) is 2.80. The van der Waals surface area contributed by atoms with Crippen LogP contribution in [-0.2, 0) is 4.57 Å². The fraction of sp³-hybridized carbons (Fsp3) is 0.111. The molecule has 1 rings (SSSR count). The van der Waals surface area contributed by atoms with E-state index in [2.05, 4.69) is 0 Å². The van der Waals surface area contributed by atoms with Crippen molar-refractivity contribution in [3.8, 4) is 0 Å². The Kier molecular flexibility index (Phi) is 3.55. The number of allylic oxidation sites excluding steroid dienone is 1. The van der Waals surface area contributed by atoms with E-state index in [1.807, 2.05) is 0 Å². The summed E-state index contributed by atoms with van der Waals surface area (Å²) in [5, 5.41) is -0.255. The third kappa shape index (κ3) is 3.79. The van der Waals surface area contributed by atoms with Crippen molar-refractivity contribution >= 4 is 12.7 Å². The fourth-order valence-electron chi connectivity index (χ4n) is 0.926. The van der Waals surface area contributed by atoms with Crippen molar-refractivity contribution in [3.05, 3.63) is 42.0 Å². The van der Waals surface area contributed by atoms with Crippen LogP contribution < -0.4 is 5.30 Å². The van der Waals surface area contributed by atoms with Crippen LogP contribution in [0.15, 0.2) is 36.2 Å². The molecule has 0 aliphatic carbocycles. The van der Waals surface area contributed by atoms with Crippen molar-refractivity contribution in [1.82, 2.24) is 0 Å². The van der Waals surface area contributed by atoms with Crippen LogP contribution in [0.3, 0.4) is 0 Å². The molecule has 0 heterocycles. The van der Waals surface area contributed by atoms with Crippen molar-refractivity contribution in [2.24, 2.45) is 0 Å². The van der Waals surface area contributed by atoms with Gasteiger partial charge in [-0.3, -0.25) is 4.57 Å². The van der Waals surface area contributed by atoms with Gasteiger partial charge >= 0.3 is 6.18 Å². The van der Waals surface area contributed by atoms with Gasteiger partial charge in [0.1, 0.15) is 5.82 Å². The van der Waals surface area contributed by atoms with Gasteiger partial charge in [0.15, 0.2) is 0 Å². The molecule has 0 aliphatic rings. The van der Waals surface area contributed by atoms with Crippen LogP contribution in [0.2, 0.25) is 0 Å². The molecule has 7 heteroatoms. The molecule has 2 nitrogen and oxygen atoms in total. The SMILES string of the molecule is O=P(O)(C=CC(F)(F)F)c1ccc(F)cc1. The molecule has 1 N–H and O–H groups in total. The Morgan fingerprint density at radius 1 is 1.19 bits per heavy atom. The number of rotatable bonds is 2. The first-order chi connectivity index (χ1) is 7.21. The Labute approximate surface area is 88.7 Å². The number of alkyl halides is 3. The van der Waals surface area contributed by atoms with Crippen LogP contribution in [0.25, 0.3) is 0 Å². The van der Waals surface area contributed by atoms with Gasteiger partial charge in [-0.05, 0) is 24.3 Å². The van der Waals surface area contributed by atoms with Crippen molar-refractivity contribution < 1.29 is 27.0 Å². The van der Waals surface area contributed by atoms with Gasteiger partial charge in [-0.15, -0.1) is 0 Å². The minimum Gasteiger partial charge on any atom is -0.338 e. The molecule has 0 spiro atoms. The summed E-state index contributed by atoms with van der Waals surface area (Å²) in [4.78, 5) is 9.29. The average molecular weight is 254 g/mol. The molecule has 1 atom stereocenters. The minimum atomic E-state index is -4.65. The van der Waals surface area contributed by atoms with E-state index in [0.29, 0.717) is 0 Å². The van der Waals surface area contributed by atoms with E-state index in [9.17, 15) is 27.0 Å². The maximum Gasteiger partial charge on any atom is 0.409 e. The lowest BCUT2D eigenvalue weighted by molar-refractivity contribution is -0.0797. The molecule has 1 unspecified atom stereocenters. The summed E-state index contributed by atoms with van der Waals surface area (Å²) in [6, 6.07) is 3.74. The summed E-state index contributed by atoms with van der Waals surface area (Å²) < 4.78 is 59.3. The lowest BCUT2D eigenvalue weighted by Crippen LogP contribution is -2.05. The highest BCUT2D eigenvalue weighted by Crippen LogP contribution is 2.42. The Morgan fingerprint density at radius 3 is 2.12 bits per heavy atom. The van der Waals surface area contributed by atoms with Gasteiger partial charge in [0, 0.05) is 17.2 Å². The van der Waals surface area contributed by atoms with E-state index in [0.717, 1.165) is 24.3 Å². The molecular formula is C9H7F4O2P. The summed E-state index contributed by atoms with van der Waals surface area (Å²) in [5.41, 5.74) is 0. The zero-order valence-corrected chi connectivity index (χ0v) is 8.67. The van der Waals surface area contributed by atoms with Gasteiger partial charge in [-0.25, -0.2) is 4.39 Å². The lowest BCUT2D eigenvalue weighted by Gasteiger charge is -2.07. The van der Waals surface area contributed by atoms with E-state index in [-0.39, 0.29) is 17.2 Å². The summed E-state index contributed by atoms with van der Waals surface area (Å²) >= 11 is 0. The van der Waals surface area contributed by atoms with Crippen molar-refractivity contribution in [1.29, 1.82) is 0 Å². The quantitative estimate of drug-likeness (QED) is 0.650. The van der Waals surface area contributed by atoms with Gasteiger partial charge in [-0.2, -0.15) is 13.2 Å². The molecule has 0 radical (unpaired) electrons. The highest BCUT2D eigenvalue weighted by Gasteiger charge is 2.26. The smallest absolute Gasteiger partial charge is 0.338 e. The highest BCUT2D eigenvalue weighted by atomic mass is 31.2. The third-order valence-electron chi connectivity index (χ3n) is 1.66. The first kappa shape index (κ1) is 12.9. The van der Waals surface area contributed by atoms with Crippen LogP contribution in [-0.4, -0.2) is 11.1 Å². The molecule has 0 aromatic heterocycles. The largest absolute Gasteiger partial charge is 0.409 e. The standard InChI is InChI=1S/C9H7F4O2P/c10-7-1-3-8(4-2-7)16(14,15)6-5-9(11,12)13/h1-6H,(H,14,15). The van der Waals surface area contributed by atoms with Crippen molar-refractivity contribution in [2.45, 2.75) is 6.18 Å². The molecule has 1 aromatic carbocycles. The Morgan fingerprint density at radius 2 is 1.69 bits per heavy atom. The van der Waals surface area contributed by atoms with Gasteiger partial charge in [0.05, 0.1) is 0 Å². The van der Waals surface area contributed by atoms with E-state index in [4.69, 9.17) is 0 Å². The van der Waals surface area contributed by atoms with Crippen LogP contribution in [0, 0.1) is 5.82 Å². The highest BCUT2D eigenvalue weighted by molar-refractivity contribution is 7.69. The number of benzene rings is 1. The van der Waals surface area contributed by atoms with Crippen LogP contribution in [0.4, 0.5) is 17.6 Å². The number of hydrogen-bond donors (Lipinski definition) is 1. The Balaban J connectivity index is 2.99. The van der Waals surface area contributed by atoms with E-state index >= 15 is 0 Å². The summed E-state index contributed by atoms with van der Waals surface area (Å²) in [6.07, 6.45) is -4.96. The first-order valence-electron chi connectivity index (χ1n) is 4.06. The fourth-order valence-corrected chi connectivity index (χ4v) is 2.05. The Bertz CT molecular complexity index is 436. The molecule has 0 fully saturated rings. The molecule has 0 aliphatic heterocycles. The van der Waals surface area contributed by atoms with Crippen molar-refractivity contribution in [3.63, 3.8) is 0 Å². The molecule has 0 amide bonds. The van der Waals surface area contributed by atoms with E-state index in [1.54, 1.807) is 0 Å². The van der Waals surface area contributed by atoms with E-state index < -0.39 is 19.4 Å². The second kappa shape index (κ2) is 4.39. The molecule has 0 saturated heterocycles. The van der Waals surface area contributed by atoms with Crippen molar-refractivity contribution in [2.75, 3.05) is 0 Å². The second-order valence-corrected chi connectivity index (χ2v) is 5.02. The normalized spacial score (nSPS) is 16.3.